The van der Waals surface area contributed by atoms with Gasteiger partial charge in [0.25, 0.3) is 0 Å². The molecule has 26 heavy (non-hydrogen) atoms. The maximum atomic E-state index is 12.1. The Morgan fingerprint density at radius 3 is 2.88 bits per heavy atom. The van der Waals surface area contributed by atoms with E-state index in [0.29, 0.717) is 28.7 Å². The Hall–Kier alpha value is -2.51. The zero-order chi connectivity index (χ0) is 18.7. The number of fused-ring (bicyclic) bond motifs is 1. The summed E-state index contributed by atoms with van der Waals surface area (Å²) < 4.78 is 5.11. The molecule has 0 spiro atoms. The third-order valence-corrected chi connectivity index (χ3v) is 5.26. The number of hydrogen-bond acceptors (Lipinski definition) is 7. The topological polar surface area (TPSA) is 84.3 Å². The van der Waals surface area contributed by atoms with E-state index in [1.807, 2.05) is 38.1 Å². The van der Waals surface area contributed by atoms with E-state index in [9.17, 15) is 9.90 Å². The van der Waals surface area contributed by atoms with Gasteiger partial charge in [-0.1, -0.05) is 29.8 Å². The molecular formula is C19H21N3O3S. The number of benzene rings is 1. The van der Waals surface area contributed by atoms with Crippen LogP contribution in [-0.4, -0.2) is 34.2 Å². The van der Waals surface area contributed by atoms with E-state index in [2.05, 4.69) is 15.3 Å². The molecule has 0 amide bonds. The van der Waals surface area contributed by atoms with Crippen LogP contribution >= 0.6 is 11.3 Å². The highest BCUT2D eigenvalue weighted by Gasteiger charge is 2.20. The van der Waals surface area contributed by atoms with Gasteiger partial charge in [0.2, 0.25) is 0 Å². The molecule has 0 saturated heterocycles. The second-order valence-electron chi connectivity index (χ2n) is 5.99. The third-order valence-electron chi connectivity index (χ3n) is 4.08. The quantitative estimate of drug-likeness (QED) is 0.644. The molecule has 2 N–H and O–H groups in total. The van der Waals surface area contributed by atoms with Crippen LogP contribution < -0.4 is 5.32 Å². The van der Waals surface area contributed by atoms with Gasteiger partial charge in [0.05, 0.1) is 18.1 Å². The number of thiophene rings is 1. The van der Waals surface area contributed by atoms with Crippen LogP contribution in [0.3, 0.4) is 0 Å². The Morgan fingerprint density at radius 1 is 1.35 bits per heavy atom. The van der Waals surface area contributed by atoms with Crippen molar-refractivity contribution < 1.29 is 14.6 Å². The fourth-order valence-electron chi connectivity index (χ4n) is 2.79. The number of carbonyl (C=O) groups excluding carboxylic acids is 1. The van der Waals surface area contributed by atoms with Gasteiger partial charge in [0, 0.05) is 6.54 Å². The molecule has 6 nitrogen and oxygen atoms in total. The summed E-state index contributed by atoms with van der Waals surface area (Å²) in [6.45, 7) is 6.26. The lowest BCUT2D eigenvalue weighted by atomic mass is 10.1. The maximum Gasteiger partial charge on any atom is 0.348 e. The van der Waals surface area contributed by atoms with Gasteiger partial charge in [0.1, 0.15) is 21.9 Å². The minimum atomic E-state index is -0.664. The lowest BCUT2D eigenvalue weighted by molar-refractivity contribution is 0.0531. The molecule has 1 atom stereocenters. The molecule has 3 aromatic rings. The zero-order valence-electron chi connectivity index (χ0n) is 14.9. The molecule has 0 saturated carbocycles. The average Bonchev–Trinajstić information content (AvgIpc) is 2.97. The number of nitrogens with zero attached hydrogens (tertiary/aromatic N) is 2. The van der Waals surface area contributed by atoms with Crippen LogP contribution in [0.25, 0.3) is 10.2 Å². The minimum absolute atomic E-state index is 0.305. The standard InChI is InChI=1S/C19H21N3O3S/c1-4-25-19(24)16-12(3)15-17(21-10-22-18(15)26-16)20-9-14(23)13-7-5-6-11(2)8-13/h5-8,10,14,23H,4,9H2,1-3H3,(H,20,21,22). The normalized spacial score (nSPS) is 12.2. The van der Waals surface area contributed by atoms with Gasteiger partial charge in [-0.25, -0.2) is 14.8 Å². The first kappa shape index (κ1) is 18.3. The van der Waals surface area contributed by atoms with Crippen LogP contribution in [0.2, 0.25) is 0 Å². The van der Waals surface area contributed by atoms with Gasteiger partial charge in [-0.15, -0.1) is 11.3 Å². The van der Waals surface area contributed by atoms with E-state index in [0.717, 1.165) is 22.1 Å². The summed E-state index contributed by atoms with van der Waals surface area (Å²) >= 11 is 1.29. The molecule has 0 aliphatic heterocycles. The molecule has 3 rings (SSSR count). The summed E-state index contributed by atoms with van der Waals surface area (Å²) in [6.07, 6.45) is 0.789. The molecule has 0 aliphatic rings. The van der Waals surface area contributed by atoms with E-state index in [1.165, 1.54) is 17.7 Å². The number of esters is 1. The molecule has 2 aromatic heterocycles. The van der Waals surface area contributed by atoms with Crippen molar-refractivity contribution in [3.05, 3.63) is 52.2 Å². The Bertz CT molecular complexity index is 939. The van der Waals surface area contributed by atoms with Gasteiger partial charge in [0.15, 0.2) is 0 Å². The van der Waals surface area contributed by atoms with Crippen LogP contribution in [0.4, 0.5) is 5.82 Å². The largest absolute Gasteiger partial charge is 0.462 e. The van der Waals surface area contributed by atoms with Gasteiger partial charge in [-0.3, -0.25) is 0 Å². The Kier molecular flexibility index (Phi) is 5.49. The number of ether oxygens (including phenoxy) is 1. The van der Waals surface area contributed by atoms with E-state index >= 15 is 0 Å². The first-order chi connectivity index (χ1) is 12.5. The van der Waals surface area contributed by atoms with Crippen molar-refractivity contribution in [2.75, 3.05) is 18.5 Å². The molecule has 0 aliphatic carbocycles. The fraction of sp³-hybridized carbons (Fsp3) is 0.316. The molecule has 7 heteroatoms. The zero-order valence-corrected chi connectivity index (χ0v) is 15.8. The van der Waals surface area contributed by atoms with Crippen molar-refractivity contribution >= 4 is 33.3 Å². The van der Waals surface area contributed by atoms with E-state index in [4.69, 9.17) is 4.74 Å². The second-order valence-corrected chi connectivity index (χ2v) is 6.99. The summed E-state index contributed by atoms with van der Waals surface area (Å²) in [6, 6.07) is 7.76. The smallest absolute Gasteiger partial charge is 0.348 e. The number of carbonyl (C=O) groups is 1. The lowest BCUT2D eigenvalue weighted by Gasteiger charge is -2.14. The third kappa shape index (κ3) is 3.68. The molecular weight excluding hydrogens is 350 g/mol. The molecule has 1 unspecified atom stereocenters. The summed E-state index contributed by atoms with van der Waals surface area (Å²) in [4.78, 5) is 21.9. The summed E-state index contributed by atoms with van der Waals surface area (Å²) in [5.41, 5.74) is 2.73. The summed E-state index contributed by atoms with van der Waals surface area (Å²) in [5.74, 6) is 0.254. The van der Waals surface area contributed by atoms with Gasteiger partial charge in [-0.05, 0) is 31.9 Å². The monoisotopic (exact) mass is 371 g/mol. The highest BCUT2D eigenvalue weighted by molar-refractivity contribution is 7.20. The Morgan fingerprint density at radius 2 is 2.15 bits per heavy atom. The SMILES string of the molecule is CCOC(=O)c1sc2ncnc(NCC(O)c3cccc(C)c3)c2c1C. The molecule has 136 valence electrons. The average molecular weight is 371 g/mol. The molecule has 2 heterocycles. The molecule has 0 radical (unpaired) electrons. The van der Waals surface area contributed by atoms with Crippen molar-refractivity contribution in [1.29, 1.82) is 0 Å². The van der Waals surface area contributed by atoms with Crippen molar-refractivity contribution in [2.45, 2.75) is 26.9 Å². The highest BCUT2D eigenvalue weighted by atomic mass is 32.1. The van der Waals surface area contributed by atoms with Crippen molar-refractivity contribution in [3.63, 3.8) is 0 Å². The number of aliphatic hydroxyl groups is 1. The second kappa shape index (κ2) is 7.80. The van der Waals surface area contributed by atoms with E-state index in [1.54, 1.807) is 6.92 Å². The molecule has 0 bridgehead atoms. The van der Waals surface area contributed by atoms with Crippen molar-refractivity contribution in [1.82, 2.24) is 9.97 Å². The summed E-state index contributed by atoms with van der Waals surface area (Å²) in [7, 11) is 0. The number of aliphatic hydroxyl groups excluding tert-OH is 1. The highest BCUT2D eigenvalue weighted by Crippen LogP contribution is 2.33. The van der Waals surface area contributed by atoms with Crippen LogP contribution in [0.15, 0.2) is 30.6 Å². The van der Waals surface area contributed by atoms with E-state index < -0.39 is 6.10 Å². The number of rotatable bonds is 6. The van der Waals surface area contributed by atoms with E-state index in [-0.39, 0.29) is 5.97 Å². The predicted octanol–water partition coefficient (Wildman–Crippen LogP) is 3.63. The van der Waals surface area contributed by atoms with Crippen LogP contribution in [-0.2, 0) is 4.74 Å². The van der Waals surface area contributed by atoms with Crippen LogP contribution in [0, 0.1) is 13.8 Å². The lowest BCUT2D eigenvalue weighted by Crippen LogP contribution is -2.13. The van der Waals surface area contributed by atoms with Gasteiger partial charge >= 0.3 is 5.97 Å². The first-order valence-electron chi connectivity index (χ1n) is 8.41. The molecule has 1 aromatic carbocycles. The van der Waals surface area contributed by atoms with Gasteiger partial charge < -0.3 is 15.2 Å². The van der Waals surface area contributed by atoms with Crippen molar-refractivity contribution in [3.8, 4) is 0 Å². The predicted molar refractivity (Wildman–Crippen MR) is 103 cm³/mol. The maximum absolute atomic E-state index is 12.1. The number of aromatic nitrogens is 2. The number of nitrogens with one attached hydrogen (secondary N) is 1. The number of anilines is 1. The Balaban J connectivity index is 1.85. The Labute approximate surface area is 155 Å². The summed E-state index contributed by atoms with van der Waals surface area (Å²) in [5, 5.41) is 14.4. The number of hydrogen-bond donors (Lipinski definition) is 2. The fourth-order valence-corrected chi connectivity index (χ4v) is 3.83. The van der Waals surface area contributed by atoms with Gasteiger partial charge in [-0.2, -0.15) is 0 Å². The minimum Gasteiger partial charge on any atom is -0.462 e. The van der Waals surface area contributed by atoms with Crippen molar-refractivity contribution in [2.24, 2.45) is 0 Å². The van der Waals surface area contributed by atoms with Crippen LogP contribution in [0.5, 0.6) is 0 Å². The van der Waals surface area contributed by atoms with Crippen LogP contribution in [0.1, 0.15) is 39.4 Å². The number of aryl methyl sites for hydroxylation is 2. The molecule has 0 fully saturated rings. The first-order valence-corrected chi connectivity index (χ1v) is 9.22.